The molecule has 0 saturated carbocycles. The van der Waals surface area contributed by atoms with Crippen molar-refractivity contribution in [1.82, 2.24) is 14.3 Å². The Morgan fingerprint density at radius 3 is 2.80 bits per heavy atom. The zero-order valence-electron chi connectivity index (χ0n) is 16.9. The number of fused-ring (bicyclic) bond motifs is 1. The third-order valence-corrected chi connectivity index (χ3v) is 8.31. The van der Waals surface area contributed by atoms with E-state index in [1.165, 1.54) is 4.31 Å². The number of nitrogens with zero attached hydrogens (tertiary/aromatic N) is 2. The third kappa shape index (κ3) is 4.58. The minimum Gasteiger partial charge on any atom is -0.337 e. The summed E-state index contributed by atoms with van der Waals surface area (Å²) in [5.74, 6) is 0.776. The standard InChI is InChI=1S/C21H26N4O3S2/c1-2-3-13-30(27,28)25-10-8-15(9-11-25)21(26)22-16-6-7-17-18(14-16)24-20(23-17)19-5-4-12-29-19/h4-7,12,14-15H,2-3,8-11,13H2,1H3,(H,22,26)(H,23,24). The van der Waals surface area contributed by atoms with Gasteiger partial charge in [0.25, 0.3) is 0 Å². The van der Waals surface area contributed by atoms with E-state index >= 15 is 0 Å². The summed E-state index contributed by atoms with van der Waals surface area (Å²) in [4.78, 5) is 21.7. The van der Waals surface area contributed by atoms with Gasteiger partial charge in [0.05, 0.1) is 21.7 Å². The molecule has 1 aromatic carbocycles. The second kappa shape index (κ2) is 8.87. The highest BCUT2D eigenvalue weighted by Crippen LogP contribution is 2.27. The summed E-state index contributed by atoms with van der Waals surface area (Å²) >= 11 is 1.62. The number of imidazole rings is 1. The number of aromatic nitrogens is 2. The van der Waals surface area contributed by atoms with E-state index in [0.717, 1.165) is 28.2 Å². The molecule has 2 N–H and O–H groups in total. The van der Waals surface area contributed by atoms with Gasteiger partial charge in [0.15, 0.2) is 0 Å². The fourth-order valence-electron chi connectivity index (χ4n) is 3.71. The number of nitrogens with one attached hydrogen (secondary N) is 2. The van der Waals surface area contributed by atoms with Crippen LogP contribution in [0.15, 0.2) is 35.7 Å². The van der Waals surface area contributed by atoms with Gasteiger partial charge in [-0.15, -0.1) is 11.3 Å². The lowest BCUT2D eigenvalue weighted by molar-refractivity contribution is -0.120. The van der Waals surface area contributed by atoms with Crippen LogP contribution in [-0.2, 0) is 14.8 Å². The largest absolute Gasteiger partial charge is 0.337 e. The molecule has 1 fully saturated rings. The molecule has 9 heteroatoms. The average molecular weight is 447 g/mol. The molecule has 3 aromatic rings. The molecular formula is C21H26N4O3S2. The number of hydrogen-bond acceptors (Lipinski definition) is 5. The van der Waals surface area contributed by atoms with Crippen LogP contribution in [-0.4, -0.2) is 47.4 Å². The second-order valence-corrected chi connectivity index (χ2v) is 10.7. The van der Waals surface area contributed by atoms with Gasteiger partial charge in [-0.1, -0.05) is 19.4 Å². The summed E-state index contributed by atoms with van der Waals surface area (Å²) in [7, 11) is -3.20. The summed E-state index contributed by atoms with van der Waals surface area (Å²) < 4.78 is 26.2. The summed E-state index contributed by atoms with van der Waals surface area (Å²) in [6.45, 7) is 2.80. The molecule has 160 valence electrons. The number of sulfonamides is 1. The molecule has 0 bridgehead atoms. The number of hydrogen-bond donors (Lipinski definition) is 2. The summed E-state index contributed by atoms with van der Waals surface area (Å²) in [6.07, 6.45) is 2.62. The molecule has 0 aliphatic carbocycles. The van der Waals surface area contributed by atoms with E-state index in [0.29, 0.717) is 38.0 Å². The van der Waals surface area contributed by atoms with Crippen molar-refractivity contribution in [3.8, 4) is 10.7 Å². The van der Waals surface area contributed by atoms with Gasteiger partial charge in [-0.05, 0) is 48.9 Å². The van der Waals surface area contributed by atoms with Gasteiger partial charge >= 0.3 is 0 Å². The van der Waals surface area contributed by atoms with Gasteiger partial charge < -0.3 is 10.3 Å². The Labute approximate surface area is 180 Å². The number of piperidine rings is 1. The van der Waals surface area contributed by atoms with E-state index < -0.39 is 10.0 Å². The molecule has 2 aromatic heterocycles. The van der Waals surface area contributed by atoms with Crippen molar-refractivity contribution in [3.05, 3.63) is 35.7 Å². The van der Waals surface area contributed by atoms with Gasteiger partial charge in [0, 0.05) is 24.7 Å². The van der Waals surface area contributed by atoms with Gasteiger partial charge in [0.2, 0.25) is 15.9 Å². The number of rotatable bonds is 7. The molecule has 0 atom stereocenters. The van der Waals surface area contributed by atoms with Gasteiger partial charge in [-0.3, -0.25) is 4.79 Å². The molecule has 0 unspecified atom stereocenters. The summed E-state index contributed by atoms with van der Waals surface area (Å²) in [5, 5.41) is 4.99. The maximum absolute atomic E-state index is 12.7. The molecular weight excluding hydrogens is 420 g/mol. The first kappa shape index (κ1) is 21.0. The first-order valence-electron chi connectivity index (χ1n) is 10.3. The quantitative estimate of drug-likeness (QED) is 0.572. The first-order chi connectivity index (χ1) is 14.5. The topological polar surface area (TPSA) is 95.2 Å². The normalized spacial score (nSPS) is 16.2. The number of thiophene rings is 1. The fourth-order valence-corrected chi connectivity index (χ4v) is 6.06. The Kier molecular flexibility index (Phi) is 6.21. The van der Waals surface area contributed by atoms with Crippen LogP contribution in [0.2, 0.25) is 0 Å². The van der Waals surface area contributed by atoms with Crippen molar-refractivity contribution >= 4 is 44.0 Å². The number of carbonyl (C=O) groups is 1. The number of benzene rings is 1. The molecule has 4 rings (SSSR count). The smallest absolute Gasteiger partial charge is 0.227 e. The predicted octanol–water partition coefficient (Wildman–Crippen LogP) is 4.07. The van der Waals surface area contributed by atoms with Crippen LogP contribution in [0.3, 0.4) is 0 Å². The SMILES string of the molecule is CCCCS(=O)(=O)N1CCC(C(=O)Nc2ccc3nc(-c4cccs4)[nH]c3c2)CC1. The molecule has 1 saturated heterocycles. The maximum Gasteiger partial charge on any atom is 0.227 e. The number of aromatic amines is 1. The first-order valence-corrected chi connectivity index (χ1v) is 12.8. The Bertz CT molecular complexity index is 1110. The van der Waals surface area contributed by atoms with Crippen LogP contribution in [0.5, 0.6) is 0 Å². The van der Waals surface area contributed by atoms with Crippen LogP contribution >= 0.6 is 11.3 Å². The summed E-state index contributed by atoms with van der Waals surface area (Å²) in [5.41, 5.74) is 2.43. The van der Waals surface area contributed by atoms with E-state index in [1.54, 1.807) is 11.3 Å². The van der Waals surface area contributed by atoms with E-state index in [4.69, 9.17) is 0 Å². The Morgan fingerprint density at radius 1 is 1.30 bits per heavy atom. The zero-order valence-corrected chi connectivity index (χ0v) is 18.6. The van der Waals surface area contributed by atoms with Crippen molar-refractivity contribution in [1.29, 1.82) is 0 Å². The lowest BCUT2D eigenvalue weighted by Gasteiger charge is -2.30. The predicted molar refractivity (Wildman–Crippen MR) is 121 cm³/mol. The number of unbranched alkanes of at least 4 members (excludes halogenated alkanes) is 1. The third-order valence-electron chi connectivity index (χ3n) is 5.48. The Morgan fingerprint density at radius 2 is 2.10 bits per heavy atom. The van der Waals surface area contributed by atoms with Crippen LogP contribution in [0.4, 0.5) is 5.69 Å². The minimum atomic E-state index is -3.20. The number of amides is 1. The van der Waals surface area contributed by atoms with Crippen molar-refractivity contribution < 1.29 is 13.2 Å². The van der Waals surface area contributed by atoms with E-state index in [-0.39, 0.29) is 17.6 Å². The molecule has 1 amide bonds. The highest BCUT2D eigenvalue weighted by atomic mass is 32.2. The van der Waals surface area contributed by atoms with Gasteiger partial charge in [0.1, 0.15) is 5.82 Å². The fraction of sp³-hybridized carbons (Fsp3) is 0.429. The lowest BCUT2D eigenvalue weighted by Crippen LogP contribution is -2.42. The second-order valence-electron chi connectivity index (χ2n) is 7.63. The average Bonchev–Trinajstić information content (AvgIpc) is 3.41. The molecule has 1 aliphatic heterocycles. The number of carbonyl (C=O) groups excluding carboxylic acids is 1. The minimum absolute atomic E-state index is 0.0575. The maximum atomic E-state index is 12.7. The van der Waals surface area contributed by atoms with Crippen LogP contribution in [0.25, 0.3) is 21.7 Å². The molecule has 3 heterocycles. The van der Waals surface area contributed by atoms with E-state index in [1.807, 2.05) is 42.6 Å². The zero-order chi connectivity index (χ0) is 21.1. The molecule has 30 heavy (non-hydrogen) atoms. The van der Waals surface area contributed by atoms with Crippen molar-refractivity contribution in [2.24, 2.45) is 5.92 Å². The highest BCUT2D eigenvalue weighted by Gasteiger charge is 2.30. The van der Waals surface area contributed by atoms with E-state index in [9.17, 15) is 13.2 Å². The summed E-state index contributed by atoms with van der Waals surface area (Å²) in [6, 6.07) is 9.63. The molecule has 0 spiro atoms. The van der Waals surface area contributed by atoms with Crippen molar-refractivity contribution in [2.75, 3.05) is 24.2 Å². The lowest BCUT2D eigenvalue weighted by atomic mass is 9.97. The van der Waals surface area contributed by atoms with Crippen LogP contribution < -0.4 is 5.32 Å². The highest BCUT2D eigenvalue weighted by molar-refractivity contribution is 7.89. The van der Waals surface area contributed by atoms with Crippen molar-refractivity contribution in [2.45, 2.75) is 32.6 Å². The van der Waals surface area contributed by atoms with Gasteiger partial charge in [-0.2, -0.15) is 0 Å². The van der Waals surface area contributed by atoms with Crippen molar-refractivity contribution in [3.63, 3.8) is 0 Å². The van der Waals surface area contributed by atoms with Crippen LogP contribution in [0, 0.1) is 5.92 Å². The number of anilines is 1. The molecule has 1 aliphatic rings. The van der Waals surface area contributed by atoms with Gasteiger partial charge in [-0.25, -0.2) is 17.7 Å². The molecule has 0 radical (unpaired) electrons. The van der Waals surface area contributed by atoms with E-state index in [2.05, 4.69) is 15.3 Å². The Hall–Kier alpha value is -2.23. The molecule has 7 nitrogen and oxygen atoms in total. The number of H-pyrrole nitrogens is 1. The monoisotopic (exact) mass is 446 g/mol. The Balaban J connectivity index is 1.38. The van der Waals surface area contributed by atoms with Crippen LogP contribution in [0.1, 0.15) is 32.6 Å².